The molecule has 142 valence electrons. The van der Waals surface area contributed by atoms with Gasteiger partial charge in [0.15, 0.2) is 5.03 Å². The van der Waals surface area contributed by atoms with Gasteiger partial charge in [0.05, 0.1) is 18.8 Å². The molecule has 0 radical (unpaired) electrons. The highest BCUT2D eigenvalue weighted by molar-refractivity contribution is 7.89. The first-order valence-corrected chi connectivity index (χ1v) is 11.0. The lowest BCUT2D eigenvalue weighted by atomic mass is 9.99. The van der Waals surface area contributed by atoms with Crippen LogP contribution in [-0.4, -0.2) is 41.3 Å². The number of carbonyl (C=O) groups excluding carboxylic acids is 1. The van der Waals surface area contributed by atoms with Crippen molar-refractivity contribution in [2.45, 2.75) is 44.3 Å². The van der Waals surface area contributed by atoms with Crippen molar-refractivity contribution in [1.29, 1.82) is 0 Å². The summed E-state index contributed by atoms with van der Waals surface area (Å²) in [5.41, 5.74) is 0. The third-order valence-corrected chi connectivity index (χ3v) is 7.18. The van der Waals surface area contributed by atoms with Crippen LogP contribution in [0.4, 0.5) is 0 Å². The van der Waals surface area contributed by atoms with Gasteiger partial charge in [-0.2, -0.15) is 4.31 Å². The normalized spacial score (nSPS) is 19.0. The molecule has 1 aliphatic heterocycles. The molecule has 0 aromatic carbocycles. The van der Waals surface area contributed by atoms with Gasteiger partial charge in [-0.25, -0.2) is 13.4 Å². The van der Waals surface area contributed by atoms with Crippen LogP contribution in [-0.2, 0) is 21.4 Å². The second-order valence-electron chi connectivity index (χ2n) is 6.75. The number of piperidine rings is 1. The molecule has 0 spiro atoms. The van der Waals surface area contributed by atoms with Gasteiger partial charge in [-0.3, -0.25) is 4.79 Å². The first-order valence-electron chi connectivity index (χ1n) is 8.71. The number of nitrogens with one attached hydrogen (secondary N) is 1. The van der Waals surface area contributed by atoms with Crippen molar-refractivity contribution < 1.29 is 13.2 Å². The van der Waals surface area contributed by atoms with E-state index in [9.17, 15) is 13.2 Å². The average molecular weight is 397 g/mol. The maximum atomic E-state index is 12.9. The Bertz CT molecular complexity index is 843. The Morgan fingerprint density at radius 3 is 2.92 bits per heavy atom. The van der Waals surface area contributed by atoms with Crippen LogP contribution in [0.5, 0.6) is 0 Å². The molecule has 1 atom stereocenters. The van der Waals surface area contributed by atoms with Crippen LogP contribution in [0, 0.1) is 5.92 Å². The summed E-state index contributed by atoms with van der Waals surface area (Å²) >= 11 is 1.59. The summed E-state index contributed by atoms with van der Waals surface area (Å²) in [5.74, 6) is -0.420. The highest BCUT2D eigenvalue weighted by Crippen LogP contribution is 2.24. The third kappa shape index (κ3) is 4.16. The van der Waals surface area contributed by atoms with E-state index in [-0.39, 0.29) is 29.4 Å². The minimum Gasteiger partial charge on any atom is -0.351 e. The van der Waals surface area contributed by atoms with Gasteiger partial charge >= 0.3 is 0 Å². The number of aromatic nitrogens is 2. The quantitative estimate of drug-likeness (QED) is 0.812. The Labute approximate surface area is 158 Å². The maximum absolute atomic E-state index is 12.9. The zero-order valence-corrected chi connectivity index (χ0v) is 16.6. The van der Waals surface area contributed by atoms with Crippen molar-refractivity contribution in [3.05, 3.63) is 34.9 Å². The van der Waals surface area contributed by atoms with Gasteiger partial charge in [0.2, 0.25) is 5.91 Å². The molecule has 1 saturated heterocycles. The number of carbonyl (C=O) groups is 1. The summed E-state index contributed by atoms with van der Waals surface area (Å²) in [4.78, 5) is 17.6. The number of rotatable bonds is 6. The molecule has 0 aliphatic carbocycles. The van der Waals surface area contributed by atoms with E-state index in [0.717, 1.165) is 4.88 Å². The van der Waals surface area contributed by atoms with Crippen molar-refractivity contribution in [2.75, 3.05) is 13.1 Å². The fourth-order valence-electron chi connectivity index (χ4n) is 2.97. The molecule has 26 heavy (non-hydrogen) atoms. The van der Waals surface area contributed by atoms with Crippen LogP contribution in [0.15, 0.2) is 35.1 Å². The number of amides is 1. The SMILES string of the molecule is CC(C)n1cnc(S(=O)(=O)N2CCCC(C(=O)NCc3cccs3)C2)c1. The molecule has 1 aliphatic rings. The number of imidazole rings is 1. The largest absolute Gasteiger partial charge is 0.351 e. The lowest BCUT2D eigenvalue weighted by Gasteiger charge is -2.30. The highest BCUT2D eigenvalue weighted by Gasteiger charge is 2.34. The van der Waals surface area contributed by atoms with Crippen molar-refractivity contribution in [3.8, 4) is 0 Å². The van der Waals surface area contributed by atoms with Gasteiger partial charge in [-0.1, -0.05) is 6.07 Å². The van der Waals surface area contributed by atoms with Crippen molar-refractivity contribution in [2.24, 2.45) is 5.92 Å². The molecule has 1 fully saturated rings. The molecule has 9 heteroatoms. The summed E-state index contributed by atoms with van der Waals surface area (Å²) in [6, 6.07) is 4.05. The van der Waals surface area contributed by atoms with E-state index < -0.39 is 10.0 Å². The minimum absolute atomic E-state index is 0.0471. The van der Waals surface area contributed by atoms with E-state index >= 15 is 0 Å². The first-order chi connectivity index (χ1) is 12.4. The van der Waals surface area contributed by atoms with Gasteiger partial charge in [-0.05, 0) is 38.1 Å². The minimum atomic E-state index is -3.68. The Hall–Kier alpha value is -1.71. The maximum Gasteiger partial charge on any atom is 0.262 e. The third-order valence-electron chi connectivity index (χ3n) is 4.55. The van der Waals surface area contributed by atoms with Crippen LogP contribution < -0.4 is 5.32 Å². The Morgan fingerprint density at radius 2 is 2.27 bits per heavy atom. The lowest BCUT2D eigenvalue weighted by Crippen LogP contribution is -2.45. The lowest BCUT2D eigenvalue weighted by molar-refractivity contribution is -0.126. The van der Waals surface area contributed by atoms with Crippen molar-refractivity contribution in [3.63, 3.8) is 0 Å². The zero-order valence-electron chi connectivity index (χ0n) is 15.0. The number of sulfonamides is 1. The topological polar surface area (TPSA) is 84.3 Å². The van der Waals surface area contributed by atoms with Gasteiger partial charge in [-0.15, -0.1) is 11.3 Å². The van der Waals surface area contributed by atoms with Crippen LogP contribution in [0.2, 0.25) is 0 Å². The number of nitrogens with zero attached hydrogens (tertiary/aromatic N) is 3. The molecular weight excluding hydrogens is 372 g/mol. The molecule has 3 rings (SSSR count). The standard InChI is InChI=1S/C17H24N4O3S2/c1-13(2)20-11-16(19-12-20)26(23,24)21-7-3-5-14(10-21)17(22)18-9-15-6-4-8-25-15/h4,6,8,11-14H,3,5,7,9-10H2,1-2H3,(H,18,22). The first kappa shape index (κ1) is 19.1. The molecular formula is C17H24N4O3S2. The van der Waals surface area contributed by atoms with Gasteiger partial charge in [0.25, 0.3) is 10.0 Å². The van der Waals surface area contributed by atoms with E-state index in [2.05, 4.69) is 10.3 Å². The van der Waals surface area contributed by atoms with Crippen molar-refractivity contribution >= 4 is 27.3 Å². The van der Waals surface area contributed by atoms with Gasteiger partial charge in [0.1, 0.15) is 0 Å². The van der Waals surface area contributed by atoms with Gasteiger partial charge in [0, 0.05) is 30.2 Å². The smallest absolute Gasteiger partial charge is 0.262 e. The van der Waals surface area contributed by atoms with E-state index in [1.807, 2.05) is 31.4 Å². The molecule has 0 saturated carbocycles. The Balaban J connectivity index is 1.65. The summed E-state index contributed by atoms with van der Waals surface area (Å²) in [5, 5.41) is 4.93. The second kappa shape index (κ2) is 7.89. The van der Waals surface area contributed by atoms with Crippen LogP contribution in [0.1, 0.15) is 37.6 Å². The highest BCUT2D eigenvalue weighted by atomic mass is 32.2. The fraction of sp³-hybridized carbons (Fsp3) is 0.529. The number of hydrogen-bond donors (Lipinski definition) is 1. The van der Waals surface area contributed by atoms with Crippen molar-refractivity contribution in [1.82, 2.24) is 19.2 Å². The molecule has 1 N–H and O–H groups in total. The molecule has 1 amide bonds. The molecule has 2 aromatic rings. The summed E-state index contributed by atoms with van der Waals surface area (Å²) in [7, 11) is -3.68. The predicted molar refractivity (Wildman–Crippen MR) is 100 cm³/mol. The van der Waals surface area contributed by atoms with E-state index in [0.29, 0.717) is 25.9 Å². The Morgan fingerprint density at radius 1 is 1.46 bits per heavy atom. The predicted octanol–water partition coefficient (Wildman–Crippen LogP) is 2.24. The number of hydrogen-bond acceptors (Lipinski definition) is 5. The van der Waals surface area contributed by atoms with Crippen LogP contribution in [0.3, 0.4) is 0 Å². The van der Waals surface area contributed by atoms with E-state index in [4.69, 9.17) is 0 Å². The number of thiophene rings is 1. The second-order valence-corrected chi connectivity index (χ2v) is 9.67. The molecule has 7 nitrogen and oxygen atoms in total. The van der Waals surface area contributed by atoms with E-state index in [1.165, 1.54) is 10.6 Å². The Kier molecular flexibility index (Phi) is 5.79. The van der Waals surface area contributed by atoms with Gasteiger partial charge < -0.3 is 9.88 Å². The molecule has 0 bridgehead atoms. The summed E-state index contributed by atoms with van der Waals surface area (Å²) in [6.07, 6.45) is 4.46. The molecule has 2 aromatic heterocycles. The summed E-state index contributed by atoms with van der Waals surface area (Å²) < 4.78 is 28.9. The van der Waals surface area contributed by atoms with Crippen LogP contribution in [0.25, 0.3) is 0 Å². The molecule has 3 heterocycles. The average Bonchev–Trinajstić information content (AvgIpc) is 3.31. The van der Waals surface area contributed by atoms with Crippen LogP contribution >= 0.6 is 11.3 Å². The van der Waals surface area contributed by atoms with E-state index in [1.54, 1.807) is 22.1 Å². The summed E-state index contributed by atoms with van der Waals surface area (Å²) in [6.45, 7) is 5.04. The molecule has 1 unspecified atom stereocenters. The fourth-order valence-corrected chi connectivity index (χ4v) is 5.06. The zero-order chi connectivity index (χ0) is 18.7. The monoisotopic (exact) mass is 396 g/mol.